The number of carbonyl (C=O) groups excluding carboxylic acids is 1. The fourth-order valence-electron chi connectivity index (χ4n) is 4.50. The summed E-state index contributed by atoms with van der Waals surface area (Å²) < 4.78 is 6.20. The van der Waals surface area contributed by atoms with E-state index in [0.717, 1.165) is 49.9 Å². The van der Waals surface area contributed by atoms with Crippen LogP contribution in [0.5, 0.6) is 5.75 Å². The van der Waals surface area contributed by atoms with Crippen molar-refractivity contribution >= 4 is 16.7 Å². The van der Waals surface area contributed by atoms with Crippen LogP contribution in [-0.2, 0) is 17.8 Å². The van der Waals surface area contributed by atoms with E-state index >= 15 is 0 Å². The number of benzene rings is 5. The van der Waals surface area contributed by atoms with Crippen LogP contribution in [0.25, 0.3) is 33.0 Å². The fraction of sp³-hybridized carbons (Fsp3) is 0.0938. The van der Waals surface area contributed by atoms with E-state index in [1.54, 1.807) is 0 Å². The molecule has 0 spiro atoms. The molecule has 0 radical (unpaired) electrons. The van der Waals surface area contributed by atoms with Crippen LogP contribution in [0.4, 0.5) is 0 Å². The van der Waals surface area contributed by atoms with E-state index in [1.165, 1.54) is 0 Å². The van der Waals surface area contributed by atoms with Gasteiger partial charge in [0.15, 0.2) is 0 Å². The number of aliphatic carboxylic acids is 1. The SMILES string of the molecule is O=C([O-])CCc1ccccc1-c1cccc(-c2ccc(OCc3ccccc3)c3ccccc23)c1.[Na+]. The molecule has 0 fully saturated rings. The maximum absolute atomic E-state index is 11.0. The first-order valence-electron chi connectivity index (χ1n) is 11.8. The van der Waals surface area contributed by atoms with Crippen molar-refractivity contribution < 1.29 is 44.2 Å². The van der Waals surface area contributed by atoms with Crippen LogP contribution >= 0.6 is 0 Å². The Hall–Kier alpha value is -3.37. The number of carbonyl (C=O) groups is 1. The standard InChI is InChI=1S/C32H26O3.Na/c33-32(34)20-17-24-11-4-5-14-27(24)25-12-8-13-26(21-25)28-18-19-31(30-16-7-6-15-29(28)30)35-22-23-9-2-1-3-10-23;/h1-16,18-19,21H,17,20,22H2,(H,33,34);/q;+1/p-1. The number of carboxylic acid groups (broad SMARTS) is 1. The molecule has 4 heteroatoms. The molecule has 0 bridgehead atoms. The molecule has 0 aliphatic heterocycles. The monoisotopic (exact) mass is 480 g/mol. The summed E-state index contributed by atoms with van der Waals surface area (Å²) in [5.41, 5.74) is 6.46. The van der Waals surface area contributed by atoms with Crippen LogP contribution in [0, 0.1) is 0 Å². The number of carboxylic acids is 1. The van der Waals surface area contributed by atoms with Gasteiger partial charge in [-0.15, -0.1) is 0 Å². The molecule has 0 aliphatic carbocycles. The number of aryl methyl sites for hydroxylation is 1. The molecule has 0 N–H and O–H groups in total. The van der Waals surface area contributed by atoms with Crippen molar-refractivity contribution in [1.82, 2.24) is 0 Å². The molecule has 0 atom stereocenters. The van der Waals surface area contributed by atoms with Crippen molar-refractivity contribution in [2.75, 3.05) is 0 Å². The minimum Gasteiger partial charge on any atom is -0.550 e. The van der Waals surface area contributed by atoms with Gasteiger partial charge in [0.2, 0.25) is 0 Å². The van der Waals surface area contributed by atoms with E-state index in [4.69, 9.17) is 4.74 Å². The maximum Gasteiger partial charge on any atom is 1.00 e. The molecule has 0 heterocycles. The van der Waals surface area contributed by atoms with Crippen molar-refractivity contribution in [3.63, 3.8) is 0 Å². The zero-order valence-electron chi connectivity index (χ0n) is 20.3. The summed E-state index contributed by atoms with van der Waals surface area (Å²) in [6.07, 6.45) is 0.449. The third-order valence-electron chi connectivity index (χ3n) is 6.22. The Balaban J connectivity index is 0.00000304. The Morgan fingerprint density at radius 1 is 0.667 bits per heavy atom. The summed E-state index contributed by atoms with van der Waals surface area (Å²) in [4.78, 5) is 11.0. The predicted molar refractivity (Wildman–Crippen MR) is 139 cm³/mol. The van der Waals surface area contributed by atoms with Gasteiger partial charge < -0.3 is 14.6 Å². The number of ether oxygens (including phenoxy) is 1. The molecule has 5 aromatic rings. The second kappa shape index (κ2) is 12.0. The molecule has 36 heavy (non-hydrogen) atoms. The molecular weight excluding hydrogens is 455 g/mol. The normalized spacial score (nSPS) is 10.6. The summed E-state index contributed by atoms with van der Waals surface area (Å²) in [6.45, 7) is 0.516. The first kappa shape index (κ1) is 25.7. The second-order valence-corrected chi connectivity index (χ2v) is 8.54. The number of hydrogen-bond donors (Lipinski definition) is 0. The molecule has 5 aromatic carbocycles. The third-order valence-corrected chi connectivity index (χ3v) is 6.22. The van der Waals surface area contributed by atoms with Crippen LogP contribution in [0.3, 0.4) is 0 Å². The molecule has 5 rings (SSSR count). The van der Waals surface area contributed by atoms with Crippen LogP contribution < -0.4 is 39.4 Å². The average molecular weight is 481 g/mol. The van der Waals surface area contributed by atoms with Crippen LogP contribution in [-0.4, -0.2) is 5.97 Å². The van der Waals surface area contributed by atoms with E-state index < -0.39 is 5.97 Å². The minimum absolute atomic E-state index is 0. The van der Waals surface area contributed by atoms with Gasteiger partial charge in [-0.1, -0.05) is 103 Å². The summed E-state index contributed by atoms with van der Waals surface area (Å²) in [7, 11) is 0. The first-order valence-corrected chi connectivity index (χ1v) is 11.8. The number of hydrogen-bond acceptors (Lipinski definition) is 3. The second-order valence-electron chi connectivity index (χ2n) is 8.54. The van der Waals surface area contributed by atoms with Gasteiger partial charge in [-0.2, -0.15) is 0 Å². The maximum atomic E-state index is 11.0. The van der Waals surface area contributed by atoms with Gasteiger partial charge in [-0.25, -0.2) is 0 Å². The summed E-state index contributed by atoms with van der Waals surface area (Å²) in [6, 6.07) is 39.0. The van der Waals surface area contributed by atoms with Crippen molar-refractivity contribution in [3.05, 3.63) is 126 Å². The minimum atomic E-state index is -1.03. The van der Waals surface area contributed by atoms with Gasteiger partial charge >= 0.3 is 29.6 Å². The van der Waals surface area contributed by atoms with Gasteiger partial charge in [-0.3, -0.25) is 0 Å². The first-order chi connectivity index (χ1) is 17.2. The topological polar surface area (TPSA) is 49.4 Å². The summed E-state index contributed by atoms with van der Waals surface area (Å²) in [5, 5.41) is 13.2. The van der Waals surface area contributed by atoms with Crippen LogP contribution in [0.2, 0.25) is 0 Å². The fourth-order valence-corrected chi connectivity index (χ4v) is 4.50. The Morgan fingerprint density at radius 3 is 2.11 bits per heavy atom. The average Bonchev–Trinajstić information content (AvgIpc) is 2.91. The number of rotatable bonds is 8. The van der Waals surface area contributed by atoms with Gasteiger partial charge in [-0.05, 0) is 63.7 Å². The van der Waals surface area contributed by atoms with E-state index in [1.807, 2.05) is 60.7 Å². The Bertz CT molecular complexity index is 1480. The molecule has 0 saturated heterocycles. The smallest absolute Gasteiger partial charge is 0.550 e. The molecule has 0 amide bonds. The van der Waals surface area contributed by atoms with Crippen LogP contribution in [0.15, 0.2) is 115 Å². The molecule has 0 aromatic heterocycles. The zero-order valence-corrected chi connectivity index (χ0v) is 22.3. The largest absolute Gasteiger partial charge is 1.00 e. The Kier molecular flexibility index (Phi) is 8.61. The van der Waals surface area contributed by atoms with Crippen molar-refractivity contribution in [2.24, 2.45) is 0 Å². The van der Waals surface area contributed by atoms with Crippen molar-refractivity contribution in [1.29, 1.82) is 0 Å². The van der Waals surface area contributed by atoms with Crippen molar-refractivity contribution in [2.45, 2.75) is 19.4 Å². The molecule has 0 unspecified atom stereocenters. The van der Waals surface area contributed by atoms with E-state index in [0.29, 0.717) is 13.0 Å². The Labute approximate surface area is 233 Å². The van der Waals surface area contributed by atoms with Gasteiger partial charge in [0.05, 0.1) is 0 Å². The third kappa shape index (κ3) is 5.88. The zero-order chi connectivity index (χ0) is 24.0. The van der Waals surface area contributed by atoms with Gasteiger partial charge in [0.25, 0.3) is 0 Å². The molecule has 0 aliphatic rings. The molecular formula is C32H25NaO3. The van der Waals surface area contributed by atoms with Gasteiger partial charge in [0.1, 0.15) is 12.4 Å². The van der Waals surface area contributed by atoms with Gasteiger partial charge in [0, 0.05) is 11.4 Å². The van der Waals surface area contributed by atoms with E-state index in [-0.39, 0.29) is 36.0 Å². The van der Waals surface area contributed by atoms with Crippen molar-refractivity contribution in [3.8, 4) is 28.0 Å². The summed E-state index contributed by atoms with van der Waals surface area (Å²) >= 11 is 0. The van der Waals surface area contributed by atoms with E-state index in [9.17, 15) is 9.90 Å². The molecule has 0 saturated carbocycles. The number of fused-ring (bicyclic) bond motifs is 1. The summed E-state index contributed by atoms with van der Waals surface area (Å²) in [5.74, 6) is -0.174. The predicted octanol–water partition coefficient (Wildman–Crippen LogP) is 3.44. The quantitative estimate of drug-likeness (QED) is 0.320. The molecule has 3 nitrogen and oxygen atoms in total. The van der Waals surface area contributed by atoms with E-state index in [2.05, 4.69) is 54.6 Å². The van der Waals surface area contributed by atoms with Crippen LogP contribution in [0.1, 0.15) is 17.5 Å². The molecule has 172 valence electrons. The Morgan fingerprint density at radius 2 is 1.33 bits per heavy atom.